The van der Waals surface area contributed by atoms with E-state index in [-0.39, 0.29) is 5.91 Å². The minimum atomic E-state index is -0.00813. The Hall–Kier alpha value is -2.68. The predicted molar refractivity (Wildman–Crippen MR) is 103 cm³/mol. The molecule has 2 aromatic rings. The van der Waals surface area contributed by atoms with E-state index in [1.165, 1.54) is 5.56 Å². The molecule has 1 amide bonds. The third-order valence-electron chi connectivity index (χ3n) is 4.60. The number of carbonyl (C=O) groups excluding carboxylic acids is 1. The number of benzene rings is 2. The van der Waals surface area contributed by atoms with E-state index in [0.717, 1.165) is 44.8 Å². The van der Waals surface area contributed by atoms with Crippen molar-refractivity contribution in [2.75, 3.05) is 38.0 Å². The van der Waals surface area contributed by atoms with E-state index < -0.39 is 0 Å². The molecular formula is C21H24N4O. The van der Waals surface area contributed by atoms with Gasteiger partial charge in [0.25, 0.3) is 0 Å². The highest BCUT2D eigenvalue weighted by Crippen LogP contribution is 2.11. The summed E-state index contributed by atoms with van der Waals surface area (Å²) >= 11 is 0. The third-order valence-corrected chi connectivity index (χ3v) is 4.60. The molecule has 1 saturated heterocycles. The molecule has 1 N–H and O–H groups in total. The van der Waals surface area contributed by atoms with Crippen molar-refractivity contribution in [2.45, 2.75) is 13.0 Å². The summed E-state index contributed by atoms with van der Waals surface area (Å²) < 4.78 is 0. The average molecular weight is 348 g/mol. The summed E-state index contributed by atoms with van der Waals surface area (Å²) in [5.41, 5.74) is 2.66. The van der Waals surface area contributed by atoms with E-state index in [0.29, 0.717) is 12.1 Å². The molecule has 1 aliphatic rings. The van der Waals surface area contributed by atoms with E-state index in [9.17, 15) is 4.79 Å². The molecule has 26 heavy (non-hydrogen) atoms. The number of amides is 1. The quantitative estimate of drug-likeness (QED) is 0.903. The maximum atomic E-state index is 12.3. The second-order valence-corrected chi connectivity index (χ2v) is 6.63. The average Bonchev–Trinajstić information content (AvgIpc) is 2.88. The van der Waals surface area contributed by atoms with Gasteiger partial charge >= 0.3 is 0 Å². The standard InChI is InChI=1S/C21H24N4O/c22-15-18-7-9-20(10-8-18)23-21(26)17-25-12-4-11-24(13-14-25)16-19-5-2-1-3-6-19/h1-3,5-10H,4,11-14,16-17H2,(H,23,26). The zero-order valence-corrected chi connectivity index (χ0v) is 14.9. The number of nitrogens with one attached hydrogen (secondary N) is 1. The van der Waals surface area contributed by atoms with Crippen molar-refractivity contribution >= 4 is 11.6 Å². The van der Waals surface area contributed by atoms with Crippen LogP contribution in [0.1, 0.15) is 17.5 Å². The molecule has 0 atom stereocenters. The molecule has 0 unspecified atom stereocenters. The lowest BCUT2D eigenvalue weighted by Gasteiger charge is -2.21. The van der Waals surface area contributed by atoms with E-state index in [2.05, 4.69) is 45.5 Å². The molecule has 2 aromatic carbocycles. The van der Waals surface area contributed by atoms with Crippen molar-refractivity contribution in [1.29, 1.82) is 5.26 Å². The van der Waals surface area contributed by atoms with Crippen molar-refractivity contribution in [3.05, 3.63) is 65.7 Å². The molecule has 5 heteroatoms. The molecule has 0 saturated carbocycles. The van der Waals surface area contributed by atoms with Crippen LogP contribution in [0.3, 0.4) is 0 Å². The zero-order chi connectivity index (χ0) is 18.2. The van der Waals surface area contributed by atoms with Gasteiger partial charge in [0.15, 0.2) is 0 Å². The van der Waals surface area contributed by atoms with Gasteiger partial charge in [-0.25, -0.2) is 0 Å². The van der Waals surface area contributed by atoms with Gasteiger partial charge in [0.2, 0.25) is 5.91 Å². The first kappa shape index (κ1) is 18.1. The first-order valence-electron chi connectivity index (χ1n) is 9.01. The second-order valence-electron chi connectivity index (χ2n) is 6.63. The highest BCUT2D eigenvalue weighted by atomic mass is 16.2. The molecule has 0 radical (unpaired) electrons. The summed E-state index contributed by atoms with van der Waals surface area (Å²) in [6.45, 7) is 5.23. The van der Waals surface area contributed by atoms with Gasteiger partial charge in [0.1, 0.15) is 0 Å². The van der Waals surface area contributed by atoms with Gasteiger partial charge in [-0.3, -0.25) is 14.6 Å². The normalized spacial score (nSPS) is 15.8. The SMILES string of the molecule is N#Cc1ccc(NC(=O)CN2CCCN(Cc3ccccc3)CC2)cc1. The van der Waals surface area contributed by atoms with Gasteiger partial charge in [-0.2, -0.15) is 5.26 Å². The molecule has 0 spiro atoms. The lowest BCUT2D eigenvalue weighted by molar-refractivity contribution is -0.117. The van der Waals surface area contributed by atoms with Crippen LogP contribution in [0, 0.1) is 11.3 Å². The third kappa shape index (κ3) is 5.41. The number of hydrogen-bond acceptors (Lipinski definition) is 4. The van der Waals surface area contributed by atoms with Gasteiger partial charge < -0.3 is 5.32 Å². The van der Waals surface area contributed by atoms with Crippen LogP contribution in [-0.4, -0.2) is 48.4 Å². The van der Waals surface area contributed by atoms with Crippen LogP contribution in [0.25, 0.3) is 0 Å². The van der Waals surface area contributed by atoms with Gasteiger partial charge in [0, 0.05) is 25.3 Å². The van der Waals surface area contributed by atoms with E-state index in [1.807, 2.05) is 6.07 Å². The van der Waals surface area contributed by atoms with Crippen LogP contribution in [0.4, 0.5) is 5.69 Å². The topological polar surface area (TPSA) is 59.4 Å². The number of hydrogen-bond donors (Lipinski definition) is 1. The minimum Gasteiger partial charge on any atom is -0.325 e. The predicted octanol–water partition coefficient (Wildman–Crippen LogP) is 2.70. The van der Waals surface area contributed by atoms with Gasteiger partial charge in [-0.1, -0.05) is 30.3 Å². The molecular weight excluding hydrogens is 324 g/mol. The molecule has 3 rings (SSSR count). The highest BCUT2D eigenvalue weighted by Gasteiger charge is 2.17. The molecule has 1 fully saturated rings. The van der Waals surface area contributed by atoms with Gasteiger partial charge in [0.05, 0.1) is 18.2 Å². The summed E-state index contributed by atoms with van der Waals surface area (Å²) in [5.74, 6) is -0.00813. The van der Waals surface area contributed by atoms with E-state index in [4.69, 9.17) is 5.26 Å². The van der Waals surface area contributed by atoms with Crippen LogP contribution in [0.15, 0.2) is 54.6 Å². The fraction of sp³-hybridized carbons (Fsp3) is 0.333. The molecule has 5 nitrogen and oxygen atoms in total. The summed E-state index contributed by atoms with van der Waals surface area (Å²) in [6.07, 6.45) is 1.07. The Morgan fingerprint density at radius 3 is 2.38 bits per heavy atom. The first-order valence-corrected chi connectivity index (χ1v) is 9.01. The number of carbonyl (C=O) groups is 1. The van der Waals surface area contributed by atoms with Crippen LogP contribution < -0.4 is 5.32 Å². The van der Waals surface area contributed by atoms with Crippen molar-refractivity contribution in [2.24, 2.45) is 0 Å². The van der Waals surface area contributed by atoms with Crippen LogP contribution >= 0.6 is 0 Å². The Labute approximate surface area is 154 Å². The Kier molecular flexibility index (Phi) is 6.37. The Morgan fingerprint density at radius 1 is 0.962 bits per heavy atom. The van der Waals surface area contributed by atoms with Crippen molar-refractivity contribution in [3.63, 3.8) is 0 Å². The van der Waals surface area contributed by atoms with E-state index in [1.54, 1.807) is 24.3 Å². The number of nitrogens with zero attached hydrogens (tertiary/aromatic N) is 3. The maximum Gasteiger partial charge on any atom is 0.238 e. The van der Waals surface area contributed by atoms with Crippen LogP contribution in [0.2, 0.25) is 0 Å². The number of nitriles is 1. The van der Waals surface area contributed by atoms with E-state index >= 15 is 0 Å². The smallest absolute Gasteiger partial charge is 0.238 e. The largest absolute Gasteiger partial charge is 0.325 e. The van der Waals surface area contributed by atoms with Crippen molar-refractivity contribution in [1.82, 2.24) is 9.80 Å². The summed E-state index contributed by atoms with van der Waals surface area (Å²) in [4.78, 5) is 17.0. The monoisotopic (exact) mass is 348 g/mol. The van der Waals surface area contributed by atoms with Gasteiger partial charge in [-0.05, 0) is 49.3 Å². The Morgan fingerprint density at radius 2 is 1.65 bits per heavy atom. The molecule has 1 aliphatic heterocycles. The number of rotatable bonds is 5. The summed E-state index contributed by atoms with van der Waals surface area (Å²) in [5, 5.41) is 11.7. The summed E-state index contributed by atoms with van der Waals surface area (Å²) in [7, 11) is 0. The molecule has 1 heterocycles. The molecule has 0 bridgehead atoms. The molecule has 0 aliphatic carbocycles. The Bertz CT molecular complexity index is 752. The van der Waals surface area contributed by atoms with Crippen molar-refractivity contribution in [3.8, 4) is 6.07 Å². The molecule has 134 valence electrons. The highest BCUT2D eigenvalue weighted by molar-refractivity contribution is 5.92. The van der Waals surface area contributed by atoms with Crippen molar-refractivity contribution < 1.29 is 4.79 Å². The Balaban J connectivity index is 1.46. The summed E-state index contributed by atoms with van der Waals surface area (Å²) in [6, 6.07) is 19.5. The zero-order valence-electron chi connectivity index (χ0n) is 14.9. The lowest BCUT2D eigenvalue weighted by Crippen LogP contribution is -2.36. The van der Waals surface area contributed by atoms with Crippen LogP contribution in [0.5, 0.6) is 0 Å². The lowest BCUT2D eigenvalue weighted by atomic mass is 10.2. The van der Waals surface area contributed by atoms with Gasteiger partial charge in [-0.15, -0.1) is 0 Å². The second kappa shape index (κ2) is 9.14. The fourth-order valence-corrected chi connectivity index (χ4v) is 3.21. The number of anilines is 1. The minimum absolute atomic E-state index is 0.00813. The van der Waals surface area contributed by atoms with Crippen LogP contribution in [-0.2, 0) is 11.3 Å². The maximum absolute atomic E-state index is 12.3. The fourth-order valence-electron chi connectivity index (χ4n) is 3.21. The molecule has 0 aromatic heterocycles. The first-order chi connectivity index (χ1) is 12.7.